The molecule has 0 aliphatic heterocycles. The molecule has 2 aromatic carbocycles. The Hall–Kier alpha value is -1.29. The molecule has 4 atom stereocenters. The first-order valence-electron chi connectivity index (χ1n) is 13.3. The summed E-state index contributed by atoms with van der Waals surface area (Å²) >= 11 is 0. The Morgan fingerprint density at radius 1 is 0.806 bits per heavy atom. The van der Waals surface area contributed by atoms with Crippen LogP contribution in [0, 0.1) is 11.8 Å². The molecule has 0 unspecified atom stereocenters. The molecular formula is C30H48O4Si2. The summed E-state index contributed by atoms with van der Waals surface area (Å²) in [4.78, 5) is 0. The summed E-state index contributed by atoms with van der Waals surface area (Å²) in [5, 5.41) is 24.8. The molecule has 6 heteroatoms. The fourth-order valence-electron chi connectivity index (χ4n) is 5.06. The van der Waals surface area contributed by atoms with Crippen molar-refractivity contribution in [1.82, 2.24) is 0 Å². The molecule has 1 fully saturated rings. The normalized spacial score (nSPS) is 21.6. The van der Waals surface area contributed by atoms with Crippen molar-refractivity contribution >= 4 is 27.0 Å². The first-order chi connectivity index (χ1) is 16.5. The van der Waals surface area contributed by atoms with Crippen molar-refractivity contribution in [2.75, 3.05) is 13.2 Å². The van der Waals surface area contributed by atoms with Crippen LogP contribution in [0.25, 0.3) is 0 Å². The molecule has 3 rings (SSSR count). The van der Waals surface area contributed by atoms with Crippen LogP contribution in [0.1, 0.15) is 54.9 Å². The van der Waals surface area contributed by atoms with Crippen LogP contribution in [0.15, 0.2) is 60.7 Å². The van der Waals surface area contributed by atoms with E-state index in [4.69, 9.17) is 8.85 Å². The van der Waals surface area contributed by atoms with Crippen molar-refractivity contribution in [3.8, 4) is 0 Å². The van der Waals surface area contributed by atoms with Crippen LogP contribution >= 0.6 is 0 Å². The minimum absolute atomic E-state index is 0.00580. The maximum absolute atomic E-state index is 11.4. The van der Waals surface area contributed by atoms with Crippen molar-refractivity contribution < 1.29 is 19.1 Å². The predicted octanol–water partition coefficient (Wildman–Crippen LogP) is 5.33. The molecule has 0 spiro atoms. The average molecular weight is 529 g/mol. The van der Waals surface area contributed by atoms with Gasteiger partial charge < -0.3 is 19.1 Å². The van der Waals surface area contributed by atoms with Gasteiger partial charge in [-0.2, -0.15) is 0 Å². The monoisotopic (exact) mass is 528 g/mol. The average Bonchev–Trinajstić information content (AvgIpc) is 3.58. The van der Waals surface area contributed by atoms with Gasteiger partial charge in [0, 0.05) is 6.61 Å². The Bertz CT molecular complexity index is 938. The first-order valence-corrected chi connectivity index (χ1v) is 18.1. The van der Waals surface area contributed by atoms with Gasteiger partial charge in [-0.25, -0.2) is 0 Å². The smallest absolute Gasteiger partial charge is 0.261 e. The molecule has 0 bridgehead atoms. The summed E-state index contributed by atoms with van der Waals surface area (Å²) in [6.45, 7) is 20.2. The lowest BCUT2D eigenvalue weighted by molar-refractivity contribution is -0.0976. The van der Waals surface area contributed by atoms with Crippen LogP contribution in [0.5, 0.6) is 0 Å². The van der Waals surface area contributed by atoms with Crippen LogP contribution in [-0.4, -0.2) is 51.8 Å². The van der Waals surface area contributed by atoms with Gasteiger partial charge in [-0.05, 0) is 58.7 Å². The SMILES string of the molecule is CC(C)(C)[Si](C)(C)OC[C@@H](O)[C@@](C)(O)[C@H]1C[C@H]1CO[Si](c1ccccc1)(c1ccccc1)C(C)(C)C. The van der Waals surface area contributed by atoms with E-state index in [-0.39, 0.29) is 28.5 Å². The topological polar surface area (TPSA) is 58.9 Å². The van der Waals surface area contributed by atoms with E-state index in [1.54, 1.807) is 6.92 Å². The van der Waals surface area contributed by atoms with E-state index in [0.717, 1.165) is 6.42 Å². The molecule has 200 valence electrons. The molecule has 36 heavy (non-hydrogen) atoms. The third-order valence-corrected chi connectivity index (χ3v) is 18.2. The van der Waals surface area contributed by atoms with E-state index in [9.17, 15) is 10.2 Å². The minimum Gasteiger partial charge on any atom is -0.414 e. The van der Waals surface area contributed by atoms with Crippen LogP contribution in [0.4, 0.5) is 0 Å². The largest absolute Gasteiger partial charge is 0.414 e. The molecule has 1 saturated carbocycles. The Morgan fingerprint density at radius 3 is 1.69 bits per heavy atom. The molecular weight excluding hydrogens is 480 g/mol. The van der Waals surface area contributed by atoms with Gasteiger partial charge in [0.1, 0.15) is 6.10 Å². The van der Waals surface area contributed by atoms with Crippen molar-refractivity contribution in [3.05, 3.63) is 60.7 Å². The summed E-state index contributed by atoms with van der Waals surface area (Å²) in [6.07, 6.45) is -0.0722. The fraction of sp³-hybridized carbons (Fsp3) is 0.600. The molecule has 0 aromatic heterocycles. The van der Waals surface area contributed by atoms with Gasteiger partial charge in [-0.1, -0.05) is 102 Å². The van der Waals surface area contributed by atoms with Gasteiger partial charge in [0.15, 0.2) is 8.32 Å². The standard InChI is InChI=1S/C30H48O4Si2/c1-28(2,3)35(8,9)33-22-27(31)30(7,32)26-20-23(26)21-34-36(29(4,5)6,24-16-12-10-13-17-24)25-18-14-11-15-19-25/h10-19,23,26-27,31-32H,20-22H2,1-9H3/t23-,26-,27+,30-/m0/s1. The third kappa shape index (κ3) is 5.89. The Balaban J connectivity index is 1.77. The van der Waals surface area contributed by atoms with Crippen LogP contribution in [-0.2, 0) is 8.85 Å². The zero-order chi connectivity index (χ0) is 27.0. The summed E-state index contributed by atoms with van der Waals surface area (Å²) in [6, 6.07) is 21.3. The van der Waals surface area contributed by atoms with Crippen molar-refractivity contribution in [3.63, 3.8) is 0 Å². The van der Waals surface area contributed by atoms with E-state index in [2.05, 4.69) is 115 Å². The molecule has 0 saturated heterocycles. The first kappa shape index (κ1) is 29.3. The van der Waals surface area contributed by atoms with Gasteiger partial charge in [-0.15, -0.1) is 0 Å². The lowest BCUT2D eigenvalue weighted by Crippen LogP contribution is -2.66. The van der Waals surface area contributed by atoms with E-state index in [1.165, 1.54) is 10.4 Å². The lowest BCUT2D eigenvalue weighted by Gasteiger charge is -2.43. The number of aliphatic hydroxyl groups is 2. The highest BCUT2D eigenvalue weighted by atomic mass is 28.4. The van der Waals surface area contributed by atoms with E-state index in [1.807, 2.05) is 0 Å². The highest BCUT2D eigenvalue weighted by molar-refractivity contribution is 6.99. The zero-order valence-corrected chi connectivity index (χ0v) is 25.8. The van der Waals surface area contributed by atoms with Gasteiger partial charge in [0.25, 0.3) is 8.32 Å². The molecule has 0 heterocycles. The second-order valence-corrected chi connectivity index (χ2v) is 22.5. The van der Waals surface area contributed by atoms with Crippen molar-refractivity contribution in [1.29, 1.82) is 0 Å². The Morgan fingerprint density at radius 2 is 1.28 bits per heavy atom. The summed E-state index contributed by atoms with van der Waals surface area (Å²) in [7, 11) is -4.62. The van der Waals surface area contributed by atoms with Crippen LogP contribution in [0.3, 0.4) is 0 Å². The number of rotatable bonds is 10. The highest BCUT2D eigenvalue weighted by Gasteiger charge is 2.56. The maximum Gasteiger partial charge on any atom is 0.261 e. The predicted molar refractivity (Wildman–Crippen MR) is 155 cm³/mol. The fourth-order valence-corrected chi connectivity index (χ4v) is 10.7. The molecule has 2 N–H and O–H groups in total. The molecule has 4 nitrogen and oxygen atoms in total. The molecule has 0 radical (unpaired) electrons. The van der Waals surface area contributed by atoms with Crippen molar-refractivity contribution in [2.24, 2.45) is 11.8 Å². The Kier molecular flexibility index (Phi) is 8.51. The number of hydrogen-bond donors (Lipinski definition) is 2. The summed E-state index contributed by atoms with van der Waals surface area (Å²) in [5.41, 5.74) is -1.21. The third-order valence-electron chi connectivity index (χ3n) is 8.69. The quantitative estimate of drug-likeness (QED) is 0.409. The number of aliphatic hydroxyl groups excluding tert-OH is 1. The molecule has 2 aromatic rings. The zero-order valence-electron chi connectivity index (χ0n) is 23.8. The summed E-state index contributed by atoms with van der Waals surface area (Å²) in [5.74, 6) is 0.206. The van der Waals surface area contributed by atoms with Gasteiger partial charge in [0.2, 0.25) is 0 Å². The molecule has 1 aliphatic carbocycles. The van der Waals surface area contributed by atoms with E-state index >= 15 is 0 Å². The molecule has 0 amide bonds. The summed E-state index contributed by atoms with van der Waals surface area (Å²) < 4.78 is 13.3. The second-order valence-electron chi connectivity index (χ2n) is 13.4. The van der Waals surface area contributed by atoms with Gasteiger partial charge in [-0.3, -0.25) is 0 Å². The lowest BCUT2D eigenvalue weighted by atomic mass is 9.92. The second kappa shape index (κ2) is 10.5. The number of benzene rings is 2. The Labute approximate surface area is 221 Å². The molecule has 1 aliphatic rings. The number of hydrogen-bond acceptors (Lipinski definition) is 4. The van der Waals surface area contributed by atoms with Crippen LogP contribution < -0.4 is 10.4 Å². The van der Waals surface area contributed by atoms with Gasteiger partial charge in [0.05, 0.1) is 12.2 Å². The maximum atomic E-state index is 11.4. The van der Waals surface area contributed by atoms with E-state index < -0.39 is 28.3 Å². The van der Waals surface area contributed by atoms with Crippen LogP contribution in [0.2, 0.25) is 23.2 Å². The van der Waals surface area contributed by atoms with Gasteiger partial charge >= 0.3 is 0 Å². The van der Waals surface area contributed by atoms with Crippen molar-refractivity contribution in [2.45, 2.75) is 89.8 Å². The van der Waals surface area contributed by atoms with E-state index in [0.29, 0.717) is 6.61 Å². The minimum atomic E-state index is -2.61. The highest BCUT2D eigenvalue weighted by Crippen LogP contribution is 2.49.